The van der Waals surface area contributed by atoms with E-state index in [0.29, 0.717) is 11.5 Å². The van der Waals surface area contributed by atoms with Crippen LogP contribution < -0.4 is 0 Å². The highest BCUT2D eigenvalue weighted by Crippen LogP contribution is 2.47. The van der Waals surface area contributed by atoms with Crippen molar-refractivity contribution in [3.05, 3.63) is 35.4 Å². The van der Waals surface area contributed by atoms with Crippen LogP contribution in [0, 0.1) is 11.8 Å². The molecular formula is C24H34O6. The number of esters is 2. The van der Waals surface area contributed by atoms with Crippen molar-refractivity contribution in [2.24, 2.45) is 11.8 Å². The molecule has 1 N–H and O–H groups in total. The fourth-order valence-corrected chi connectivity index (χ4v) is 4.13. The Bertz CT molecular complexity index is 767. The number of ether oxygens (including phenoxy) is 2. The standard InChI is InChI=1S/C24H34O6/c1-13(2)16-8-10-17(11-9-16)19-20(22(26)29-14(3)4)18(25)12-24(7,28)21(19)23(27)30-15(5)6/h8-11,13-15,19-21,28H,12H2,1-7H3/t19-,20-,21+,24-/m1/s1. The first-order valence-electron chi connectivity index (χ1n) is 10.6. The number of Topliss-reactive ketones (excluding diaryl/α,β-unsaturated/α-hetero) is 1. The Kier molecular flexibility index (Phi) is 7.45. The Morgan fingerprint density at radius 2 is 1.47 bits per heavy atom. The summed E-state index contributed by atoms with van der Waals surface area (Å²) in [6.45, 7) is 12.4. The van der Waals surface area contributed by atoms with Gasteiger partial charge < -0.3 is 14.6 Å². The largest absolute Gasteiger partial charge is 0.463 e. The maximum Gasteiger partial charge on any atom is 0.317 e. The number of ketones is 1. The zero-order valence-corrected chi connectivity index (χ0v) is 19.0. The first-order valence-corrected chi connectivity index (χ1v) is 10.6. The number of aliphatic hydroxyl groups is 1. The number of hydrogen-bond acceptors (Lipinski definition) is 6. The zero-order chi connectivity index (χ0) is 22.8. The molecule has 0 heterocycles. The summed E-state index contributed by atoms with van der Waals surface area (Å²) in [6, 6.07) is 7.48. The molecule has 4 atom stereocenters. The van der Waals surface area contributed by atoms with E-state index in [0.717, 1.165) is 5.56 Å². The molecule has 2 rings (SSSR count). The van der Waals surface area contributed by atoms with Crippen LogP contribution >= 0.6 is 0 Å². The maximum atomic E-state index is 13.0. The number of benzene rings is 1. The molecule has 1 aromatic carbocycles. The molecule has 0 spiro atoms. The highest BCUT2D eigenvalue weighted by Gasteiger charge is 2.57. The maximum absolute atomic E-state index is 13.0. The van der Waals surface area contributed by atoms with Crippen LogP contribution in [-0.2, 0) is 23.9 Å². The summed E-state index contributed by atoms with van der Waals surface area (Å²) in [7, 11) is 0. The van der Waals surface area contributed by atoms with Gasteiger partial charge in [0.25, 0.3) is 0 Å². The van der Waals surface area contributed by atoms with E-state index in [2.05, 4.69) is 13.8 Å². The van der Waals surface area contributed by atoms with E-state index in [1.54, 1.807) is 27.7 Å². The smallest absolute Gasteiger partial charge is 0.317 e. The van der Waals surface area contributed by atoms with Gasteiger partial charge in [-0.05, 0) is 51.7 Å². The van der Waals surface area contributed by atoms with Crippen LogP contribution in [0.4, 0.5) is 0 Å². The minimum Gasteiger partial charge on any atom is -0.463 e. The molecule has 0 radical (unpaired) electrons. The number of hydrogen-bond donors (Lipinski definition) is 1. The second-order valence-electron chi connectivity index (χ2n) is 9.27. The van der Waals surface area contributed by atoms with E-state index in [1.165, 1.54) is 6.92 Å². The third kappa shape index (κ3) is 5.28. The predicted molar refractivity (Wildman–Crippen MR) is 113 cm³/mol. The molecule has 0 unspecified atom stereocenters. The molecule has 1 aliphatic carbocycles. The second kappa shape index (κ2) is 9.29. The van der Waals surface area contributed by atoms with Crippen LogP contribution in [0.5, 0.6) is 0 Å². The van der Waals surface area contributed by atoms with Crippen molar-refractivity contribution in [2.45, 2.75) is 84.5 Å². The van der Waals surface area contributed by atoms with Gasteiger partial charge in [0, 0.05) is 12.3 Å². The lowest BCUT2D eigenvalue weighted by Gasteiger charge is -2.44. The van der Waals surface area contributed by atoms with Gasteiger partial charge in [0.1, 0.15) is 5.92 Å². The molecule has 1 aromatic rings. The molecule has 0 aromatic heterocycles. The van der Waals surface area contributed by atoms with Crippen molar-refractivity contribution in [3.8, 4) is 0 Å². The van der Waals surface area contributed by atoms with E-state index in [-0.39, 0.29) is 6.42 Å². The first-order chi connectivity index (χ1) is 13.8. The Labute approximate surface area is 179 Å². The lowest BCUT2D eigenvalue weighted by molar-refractivity contribution is -0.176. The van der Waals surface area contributed by atoms with Gasteiger partial charge in [0.15, 0.2) is 5.78 Å². The third-order valence-corrected chi connectivity index (χ3v) is 5.47. The van der Waals surface area contributed by atoms with E-state index in [9.17, 15) is 19.5 Å². The summed E-state index contributed by atoms with van der Waals surface area (Å²) in [4.78, 5) is 38.9. The molecule has 0 aliphatic heterocycles. The number of carbonyl (C=O) groups is 3. The minimum absolute atomic E-state index is 0.304. The monoisotopic (exact) mass is 418 g/mol. The topological polar surface area (TPSA) is 89.9 Å². The van der Waals surface area contributed by atoms with Crippen LogP contribution in [-0.4, -0.2) is 40.6 Å². The summed E-state index contributed by atoms with van der Waals surface area (Å²) in [6.07, 6.45) is -1.11. The first kappa shape index (κ1) is 24.1. The summed E-state index contributed by atoms with van der Waals surface area (Å²) in [5.41, 5.74) is 0.0818. The highest BCUT2D eigenvalue weighted by atomic mass is 16.5. The van der Waals surface area contributed by atoms with Gasteiger partial charge in [-0.25, -0.2) is 0 Å². The Hall–Kier alpha value is -2.21. The zero-order valence-electron chi connectivity index (χ0n) is 19.0. The fraction of sp³-hybridized carbons (Fsp3) is 0.625. The van der Waals surface area contributed by atoms with Gasteiger partial charge in [-0.15, -0.1) is 0 Å². The van der Waals surface area contributed by atoms with E-state index in [4.69, 9.17) is 9.47 Å². The lowest BCUT2D eigenvalue weighted by Crippen LogP contribution is -2.55. The summed E-state index contributed by atoms with van der Waals surface area (Å²) >= 11 is 0. The molecule has 0 amide bonds. The molecule has 1 fully saturated rings. The van der Waals surface area contributed by atoms with Gasteiger partial charge in [0.05, 0.1) is 23.7 Å². The second-order valence-corrected chi connectivity index (χ2v) is 9.27. The Morgan fingerprint density at radius 3 is 1.93 bits per heavy atom. The van der Waals surface area contributed by atoms with Gasteiger partial charge in [-0.1, -0.05) is 38.1 Å². The van der Waals surface area contributed by atoms with Crippen molar-refractivity contribution in [3.63, 3.8) is 0 Å². The van der Waals surface area contributed by atoms with Crippen molar-refractivity contribution in [1.29, 1.82) is 0 Å². The van der Waals surface area contributed by atoms with E-state index in [1.807, 2.05) is 24.3 Å². The van der Waals surface area contributed by atoms with E-state index >= 15 is 0 Å². The molecule has 0 bridgehead atoms. The SMILES string of the molecule is CC(C)OC(=O)[C@@H]1C(=O)C[C@@](C)(O)[C@H](C(=O)OC(C)C)[C@@H]1c1ccc(C(C)C)cc1. The third-order valence-electron chi connectivity index (χ3n) is 5.47. The summed E-state index contributed by atoms with van der Waals surface area (Å²) in [5, 5.41) is 11.1. The molecule has 1 saturated carbocycles. The molecule has 6 nitrogen and oxygen atoms in total. The quantitative estimate of drug-likeness (QED) is 0.559. The van der Waals surface area contributed by atoms with Gasteiger partial charge in [0.2, 0.25) is 0 Å². The molecule has 30 heavy (non-hydrogen) atoms. The molecule has 1 aliphatic rings. The Balaban J connectivity index is 2.61. The van der Waals surface area contributed by atoms with Gasteiger partial charge >= 0.3 is 11.9 Å². The van der Waals surface area contributed by atoms with Crippen LogP contribution in [0.1, 0.15) is 77.8 Å². The van der Waals surface area contributed by atoms with Crippen molar-refractivity contribution in [1.82, 2.24) is 0 Å². The molecular weight excluding hydrogens is 384 g/mol. The van der Waals surface area contributed by atoms with Crippen molar-refractivity contribution in [2.75, 3.05) is 0 Å². The normalized spacial score (nSPS) is 26.9. The molecule has 0 saturated heterocycles. The number of rotatable bonds is 6. The summed E-state index contributed by atoms with van der Waals surface area (Å²) in [5.74, 6) is -4.56. The average molecular weight is 419 g/mol. The van der Waals surface area contributed by atoms with Crippen LogP contribution in [0.15, 0.2) is 24.3 Å². The lowest BCUT2D eigenvalue weighted by atomic mass is 9.61. The molecule has 6 heteroatoms. The van der Waals surface area contributed by atoms with Crippen LogP contribution in [0.3, 0.4) is 0 Å². The molecule has 166 valence electrons. The average Bonchev–Trinajstić information content (AvgIpc) is 2.58. The summed E-state index contributed by atoms with van der Waals surface area (Å²) < 4.78 is 10.8. The van der Waals surface area contributed by atoms with E-state index < -0.39 is 53.3 Å². The Morgan fingerprint density at radius 1 is 0.967 bits per heavy atom. The van der Waals surface area contributed by atoms with Crippen molar-refractivity contribution >= 4 is 17.7 Å². The highest BCUT2D eigenvalue weighted by molar-refractivity contribution is 6.02. The van der Waals surface area contributed by atoms with Crippen LogP contribution in [0.2, 0.25) is 0 Å². The fourth-order valence-electron chi connectivity index (χ4n) is 4.13. The van der Waals surface area contributed by atoms with Crippen LogP contribution in [0.25, 0.3) is 0 Å². The van der Waals surface area contributed by atoms with Crippen molar-refractivity contribution < 1.29 is 29.0 Å². The predicted octanol–water partition coefficient (Wildman–Crippen LogP) is 3.75. The van der Waals surface area contributed by atoms with Gasteiger partial charge in [-0.2, -0.15) is 0 Å². The van der Waals surface area contributed by atoms with Gasteiger partial charge in [-0.3, -0.25) is 14.4 Å². The number of carbonyl (C=O) groups excluding carboxylic acids is 3. The minimum atomic E-state index is -1.64.